The molecule has 0 bridgehead atoms. The highest BCUT2D eigenvalue weighted by Gasteiger charge is 2.43. The Morgan fingerprint density at radius 2 is 1.80 bits per heavy atom. The molecule has 1 aliphatic rings. The number of amides is 2. The van der Waals surface area contributed by atoms with Crippen LogP contribution in [0.15, 0.2) is 47.6 Å². The molecule has 15 heteroatoms. The van der Waals surface area contributed by atoms with Crippen molar-refractivity contribution in [2.24, 2.45) is 0 Å². The molecule has 3 rings (SSSR count). The van der Waals surface area contributed by atoms with E-state index in [-0.39, 0.29) is 67.5 Å². The summed E-state index contributed by atoms with van der Waals surface area (Å²) in [5, 5.41) is 16.9. The molecule has 1 fully saturated rings. The Labute approximate surface area is 270 Å². The Hall–Kier alpha value is -3.24. The van der Waals surface area contributed by atoms with Gasteiger partial charge in [0, 0.05) is 36.4 Å². The first-order chi connectivity index (χ1) is 21.3. The topological polar surface area (TPSA) is 168 Å². The number of hydrogen-bond donors (Lipinski definition) is 2. The van der Waals surface area contributed by atoms with Gasteiger partial charge in [-0.25, -0.2) is 4.98 Å². The molecule has 1 aliphatic heterocycles. The molecule has 45 heavy (non-hydrogen) atoms. The highest BCUT2D eigenvalue weighted by Crippen LogP contribution is 2.41. The number of esters is 1. The van der Waals surface area contributed by atoms with Crippen LogP contribution in [0.25, 0.3) is 0 Å². The molecule has 0 radical (unpaired) electrons. The minimum Gasteiger partial charge on any atom is -0.460 e. The molecule has 0 aliphatic carbocycles. The maximum absolute atomic E-state index is 12.5. The molecule has 3 unspecified atom stereocenters. The summed E-state index contributed by atoms with van der Waals surface area (Å²) < 4.78 is 22.3. The predicted molar refractivity (Wildman–Crippen MR) is 170 cm³/mol. The summed E-state index contributed by atoms with van der Waals surface area (Å²) in [7, 11) is 2.96. The molecular formula is C30H40N4O9S2. The van der Waals surface area contributed by atoms with Crippen LogP contribution < -0.4 is 10.6 Å². The lowest BCUT2D eigenvalue weighted by Gasteiger charge is -2.45. The van der Waals surface area contributed by atoms with E-state index in [4.69, 9.17) is 18.9 Å². The number of nitrogens with one attached hydrogen (secondary N) is 2. The number of carbonyl (C=O) groups is 3. The van der Waals surface area contributed by atoms with E-state index in [1.165, 1.54) is 23.1 Å². The minimum absolute atomic E-state index is 0.0525. The van der Waals surface area contributed by atoms with Crippen LogP contribution in [0.1, 0.15) is 68.6 Å². The van der Waals surface area contributed by atoms with Crippen molar-refractivity contribution < 1.29 is 38.3 Å². The van der Waals surface area contributed by atoms with Gasteiger partial charge in [-0.05, 0) is 69.2 Å². The second-order valence-corrected chi connectivity index (χ2v) is 13.6. The van der Waals surface area contributed by atoms with Gasteiger partial charge < -0.3 is 29.6 Å². The van der Waals surface area contributed by atoms with Gasteiger partial charge in [0.1, 0.15) is 23.9 Å². The normalized spacial score (nSPS) is 16.7. The number of nitrogens with zero attached hydrogens (tertiary/aromatic N) is 2. The summed E-state index contributed by atoms with van der Waals surface area (Å²) in [4.78, 5) is 51.2. The van der Waals surface area contributed by atoms with Gasteiger partial charge in [-0.3, -0.25) is 24.5 Å². The van der Waals surface area contributed by atoms with Crippen LogP contribution in [0.5, 0.6) is 0 Å². The molecule has 0 spiro atoms. The smallest absolute Gasteiger partial charge is 0.306 e. The SMILES string of the molecule is CC(C)OC(COC(=O)CCC(=O)NCCNC(=O)c1ccc(C(C)SSc2ccc([N+](=O)[O-])cn2)cc1)OC1COC1(C)C. The molecular weight excluding hydrogens is 624 g/mol. The summed E-state index contributed by atoms with van der Waals surface area (Å²) in [6.07, 6.45) is 0.0478. The Morgan fingerprint density at radius 3 is 2.38 bits per heavy atom. The van der Waals surface area contributed by atoms with Gasteiger partial charge >= 0.3 is 5.97 Å². The molecule has 1 aromatic heterocycles. The number of ether oxygens (including phenoxy) is 4. The molecule has 2 heterocycles. The Balaban J connectivity index is 1.29. The van der Waals surface area contributed by atoms with Crippen molar-refractivity contribution in [3.05, 3.63) is 63.8 Å². The lowest BCUT2D eigenvalue weighted by Crippen LogP contribution is -2.56. The number of hydrogen-bond acceptors (Lipinski definition) is 12. The third-order valence-electron chi connectivity index (χ3n) is 6.64. The zero-order chi connectivity index (χ0) is 33.0. The van der Waals surface area contributed by atoms with E-state index in [0.29, 0.717) is 17.2 Å². The summed E-state index contributed by atoms with van der Waals surface area (Å²) >= 11 is 0. The number of carbonyl (C=O) groups excluding carboxylic acids is 3. The fourth-order valence-electron chi connectivity index (χ4n) is 3.91. The van der Waals surface area contributed by atoms with Crippen LogP contribution in [-0.4, -0.2) is 78.1 Å². The van der Waals surface area contributed by atoms with Crippen LogP contribution in [0.2, 0.25) is 0 Å². The predicted octanol–water partition coefficient (Wildman–Crippen LogP) is 4.61. The van der Waals surface area contributed by atoms with Crippen LogP contribution in [0.4, 0.5) is 5.69 Å². The lowest BCUT2D eigenvalue weighted by atomic mass is 9.96. The van der Waals surface area contributed by atoms with E-state index in [0.717, 1.165) is 5.56 Å². The second-order valence-electron chi connectivity index (χ2n) is 11.0. The monoisotopic (exact) mass is 664 g/mol. The van der Waals surface area contributed by atoms with E-state index in [2.05, 4.69) is 15.6 Å². The van der Waals surface area contributed by atoms with Crippen molar-refractivity contribution in [3.63, 3.8) is 0 Å². The van der Waals surface area contributed by atoms with Crippen molar-refractivity contribution in [3.8, 4) is 0 Å². The summed E-state index contributed by atoms with van der Waals surface area (Å²) in [6, 6.07) is 10.2. The van der Waals surface area contributed by atoms with Gasteiger partial charge in [0.05, 0.1) is 29.7 Å². The first-order valence-electron chi connectivity index (χ1n) is 14.5. The average molecular weight is 665 g/mol. The van der Waals surface area contributed by atoms with Crippen LogP contribution in [-0.2, 0) is 28.5 Å². The first-order valence-corrected chi connectivity index (χ1v) is 16.7. The number of nitro groups is 1. The molecule has 246 valence electrons. The van der Waals surface area contributed by atoms with E-state index in [9.17, 15) is 24.5 Å². The molecule has 0 saturated carbocycles. The van der Waals surface area contributed by atoms with Gasteiger partial charge in [-0.2, -0.15) is 0 Å². The average Bonchev–Trinajstić information content (AvgIpc) is 3.01. The van der Waals surface area contributed by atoms with E-state index >= 15 is 0 Å². The number of benzene rings is 1. The van der Waals surface area contributed by atoms with Crippen LogP contribution >= 0.6 is 21.6 Å². The third-order valence-corrected chi connectivity index (χ3v) is 9.38. The number of pyridine rings is 1. The van der Waals surface area contributed by atoms with Crippen LogP contribution in [0.3, 0.4) is 0 Å². The minimum atomic E-state index is -0.732. The van der Waals surface area contributed by atoms with Crippen LogP contribution in [0, 0.1) is 10.1 Å². The molecule has 2 N–H and O–H groups in total. The highest BCUT2D eigenvalue weighted by atomic mass is 33.1. The largest absolute Gasteiger partial charge is 0.460 e. The number of rotatable bonds is 18. The van der Waals surface area contributed by atoms with E-state index < -0.39 is 22.8 Å². The maximum Gasteiger partial charge on any atom is 0.306 e. The molecule has 2 amide bonds. The molecule has 2 aromatic rings. The zero-order valence-corrected chi connectivity index (χ0v) is 27.6. The van der Waals surface area contributed by atoms with Gasteiger partial charge in [0.15, 0.2) is 6.29 Å². The first kappa shape index (κ1) is 36.2. The maximum atomic E-state index is 12.5. The van der Waals surface area contributed by atoms with Gasteiger partial charge in [0.25, 0.3) is 11.6 Å². The highest BCUT2D eigenvalue weighted by molar-refractivity contribution is 8.76. The van der Waals surface area contributed by atoms with Crippen molar-refractivity contribution in [2.45, 2.75) is 81.8 Å². The lowest BCUT2D eigenvalue weighted by molar-refractivity contribution is -0.385. The third kappa shape index (κ3) is 12.2. The van der Waals surface area contributed by atoms with Gasteiger partial charge in [0.2, 0.25) is 5.91 Å². The standard InChI is InChI=1S/C30H40N4O9S2/c1-19(2)42-28(43-24-17-41-30(24,4)5)18-40-27(36)13-11-25(35)31-14-15-32-29(37)22-8-6-21(7-9-22)20(3)44-45-26-12-10-23(16-33-26)34(38)39/h6-10,12,16,19-20,24,28H,11,13-15,17-18H2,1-5H3,(H,31,35)(H,32,37). The summed E-state index contributed by atoms with van der Waals surface area (Å²) in [5.74, 6) is -1.15. The number of aromatic nitrogens is 1. The van der Waals surface area contributed by atoms with Gasteiger partial charge in [-0.15, -0.1) is 0 Å². The van der Waals surface area contributed by atoms with Crippen molar-refractivity contribution in [1.29, 1.82) is 0 Å². The van der Waals surface area contributed by atoms with Gasteiger partial charge in [-0.1, -0.05) is 22.9 Å². The van der Waals surface area contributed by atoms with E-state index in [1.54, 1.807) is 29.0 Å². The quantitative estimate of drug-likeness (QED) is 0.0568. The molecule has 3 atom stereocenters. The summed E-state index contributed by atoms with van der Waals surface area (Å²) in [5.41, 5.74) is 0.997. The molecule has 1 aromatic carbocycles. The van der Waals surface area contributed by atoms with Crippen molar-refractivity contribution in [1.82, 2.24) is 15.6 Å². The van der Waals surface area contributed by atoms with Crippen molar-refractivity contribution in [2.75, 3.05) is 26.3 Å². The Morgan fingerprint density at radius 1 is 1.09 bits per heavy atom. The van der Waals surface area contributed by atoms with Crippen molar-refractivity contribution >= 4 is 45.1 Å². The summed E-state index contributed by atoms with van der Waals surface area (Å²) in [6.45, 7) is 10.3. The Kier molecular flexibility index (Phi) is 14.1. The molecule has 13 nitrogen and oxygen atoms in total. The zero-order valence-electron chi connectivity index (χ0n) is 26.0. The fourth-order valence-corrected chi connectivity index (χ4v) is 6.00. The molecule has 1 saturated heterocycles. The fraction of sp³-hybridized carbons (Fsp3) is 0.533. The second kappa shape index (κ2) is 17.5. The van der Waals surface area contributed by atoms with E-state index in [1.807, 2.05) is 46.8 Å². The Bertz CT molecular complexity index is 1290.